The fourth-order valence-corrected chi connectivity index (χ4v) is 1.99. The summed E-state index contributed by atoms with van der Waals surface area (Å²) in [5.41, 5.74) is 4.92. The van der Waals surface area contributed by atoms with Gasteiger partial charge in [0.1, 0.15) is 6.04 Å². The van der Waals surface area contributed by atoms with E-state index in [2.05, 4.69) is 5.32 Å². The first-order chi connectivity index (χ1) is 8.99. The van der Waals surface area contributed by atoms with Crippen molar-refractivity contribution < 1.29 is 24.2 Å². The number of nitrogens with two attached hydrogens (primary N) is 1. The molecule has 0 saturated carbocycles. The highest BCUT2D eigenvalue weighted by molar-refractivity contribution is 5.88. The Morgan fingerprint density at radius 2 is 2.11 bits per heavy atom. The van der Waals surface area contributed by atoms with Crippen molar-refractivity contribution in [1.29, 1.82) is 0 Å². The molecule has 1 saturated heterocycles. The minimum absolute atomic E-state index is 0.0684. The SMILES string of the molecule is NC(=O)C[C@@H](NC(=O)CCC1CCCCO1)C(=O)O. The Hall–Kier alpha value is -1.63. The molecule has 1 unspecified atom stereocenters. The lowest BCUT2D eigenvalue weighted by Crippen LogP contribution is -2.43. The van der Waals surface area contributed by atoms with Gasteiger partial charge in [0.05, 0.1) is 12.5 Å². The third kappa shape index (κ3) is 6.19. The van der Waals surface area contributed by atoms with Gasteiger partial charge in [0.15, 0.2) is 0 Å². The van der Waals surface area contributed by atoms with Crippen LogP contribution in [0.3, 0.4) is 0 Å². The maximum absolute atomic E-state index is 11.6. The number of carboxylic acids is 1. The third-order valence-corrected chi connectivity index (χ3v) is 3.01. The molecule has 108 valence electrons. The Kier molecular flexibility index (Phi) is 6.27. The lowest BCUT2D eigenvalue weighted by Gasteiger charge is -2.22. The highest BCUT2D eigenvalue weighted by Gasteiger charge is 2.23. The van der Waals surface area contributed by atoms with Gasteiger partial charge in [0, 0.05) is 13.0 Å². The number of rotatable bonds is 7. The lowest BCUT2D eigenvalue weighted by molar-refractivity contribution is -0.143. The van der Waals surface area contributed by atoms with Gasteiger partial charge in [-0.1, -0.05) is 0 Å². The van der Waals surface area contributed by atoms with Crippen LogP contribution in [0.2, 0.25) is 0 Å². The largest absolute Gasteiger partial charge is 0.480 e. The Morgan fingerprint density at radius 3 is 2.63 bits per heavy atom. The van der Waals surface area contributed by atoms with Crippen LogP contribution in [0.4, 0.5) is 0 Å². The second-order valence-corrected chi connectivity index (χ2v) is 4.66. The quantitative estimate of drug-likeness (QED) is 0.592. The van der Waals surface area contributed by atoms with Crippen LogP contribution in [0.1, 0.15) is 38.5 Å². The summed E-state index contributed by atoms with van der Waals surface area (Å²) in [6.07, 6.45) is 3.48. The van der Waals surface area contributed by atoms with Gasteiger partial charge in [0.25, 0.3) is 0 Å². The minimum atomic E-state index is -1.26. The van der Waals surface area contributed by atoms with Crippen LogP contribution < -0.4 is 11.1 Å². The van der Waals surface area contributed by atoms with Gasteiger partial charge in [0.2, 0.25) is 11.8 Å². The number of ether oxygens (including phenoxy) is 1. The molecule has 7 heteroatoms. The number of nitrogens with one attached hydrogen (secondary N) is 1. The number of aliphatic carboxylic acids is 1. The molecule has 0 bridgehead atoms. The number of hydrogen-bond acceptors (Lipinski definition) is 4. The van der Waals surface area contributed by atoms with Crippen LogP contribution in [-0.2, 0) is 19.1 Å². The summed E-state index contributed by atoms with van der Waals surface area (Å²) >= 11 is 0. The zero-order chi connectivity index (χ0) is 14.3. The van der Waals surface area contributed by atoms with Crippen LogP contribution in [0.15, 0.2) is 0 Å². The predicted octanol–water partition coefficient (Wildman–Crippen LogP) is -0.220. The predicted molar refractivity (Wildman–Crippen MR) is 66.2 cm³/mol. The molecule has 1 aliphatic rings. The van der Waals surface area contributed by atoms with Gasteiger partial charge in [-0.25, -0.2) is 4.79 Å². The number of carboxylic acid groups (broad SMARTS) is 1. The smallest absolute Gasteiger partial charge is 0.326 e. The van der Waals surface area contributed by atoms with E-state index < -0.39 is 30.2 Å². The van der Waals surface area contributed by atoms with E-state index in [0.29, 0.717) is 13.0 Å². The molecule has 7 nitrogen and oxygen atoms in total. The second-order valence-electron chi connectivity index (χ2n) is 4.66. The minimum Gasteiger partial charge on any atom is -0.480 e. The Balaban J connectivity index is 2.31. The normalized spacial score (nSPS) is 20.5. The maximum atomic E-state index is 11.6. The summed E-state index contributed by atoms with van der Waals surface area (Å²) in [7, 11) is 0. The molecule has 1 aliphatic heterocycles. The maximum Gasteiger partial charge on any atom is 0.326 e. The molecule has 2 atom stereocenters. The number of hydrogen-bond donors (Lipinski definition) is 3. The fraction of sp³-hybridized carbons (Fsp3) is 0.750. The highest BCUT2D eigenvalue weighted by atomic mass is 16.5. The van der Waals surface area contributed by atoms with Crippen molar-refractivity contribution in [3.63, 3.8) is 0 Å². The molecule has 0 radical (unpaired) electrons. The van der Waals surface area contributed by atoms with E-state index in [1.807, 2.05) is 0 Å². The van der Waals surface area contributed by atoms with Gasteiger partial charge < -0.3 is 20.9 Å². The van der Waals surface area contributed by atoms with Gasteiger partial charge in [-0.05, 0) is 25.7 Å². The molecular formula is C12H20N2O5. The van der Waals surface area contributed by atoms with E-state index in [1.54, 1.807) is 0 Å². The van der Waals surface area contributed by atoms with Crippen molar-refractivity contribution in [2.45, 2.75) is 50.7 Å². The first kappa shape index (κ1) is 15.4. The summed E-state index contributed by atoms with van der Waals surface area (Å²) in [5, 5.41) is 11.1. The van der Waals surface area contributed by atoms with Crippen LogP contribution in [-0.4, -0.2) is 41.6 Å². The zero-order valence-corrected chi connectivity index (χ0v) is 10.8. The molecule has 19 heavy (non-hydrogen) atoms. The summed E-state index contributed by atoms with van der Waals surface area (Å²) in [4.78, 5) is 33.1. The number of carbonyl (C=O) groups is 3. The molecule has 0 aromatic heterocycles. The van der Waals surface area contributed by atoms with E-state index in [4.69, 9.17) is 15.6 Å². The first-order valence-electron chi connectivity index (χ1n) is 6.41. The standard InChI is InChI=1S/C12H20N2O5/c13-10(15)7-9(12(17)18)14-11(16)5-4-8-3-1-2-6-19-8/h8-9H,1-7H2,(H2,13,15)(H,14,16)(H,17,18)/t8?,9-/m1/s1. The lowest BCUT2D eigenvalue weighted by atomic mass is 10.0. The average molecular weight is 272 g/mol. The van der Waals surface area contributed by atoms with E-state index in [1.165, 1.54) is 0 Å². The molecule has 0 aromatic rings. The van der Waals surface area contributed by atoms with Gasteiger partial charge in [-0.3, -0.25) is 9.59 Å². The van der Waals surface area contributed by atoms with Crippen LogP contribution >= 0.6 is 0 Å². The summed E-state index contributed by atoms with van der Waals surface area (Å²) in [5.74, 6) is -2.42. The van der Waals surface area contributed by atoms with Gasteiger partial charge in [-0.2, -0.15) is 0 Å². The van der Waals surface area contributed by atoms with Crippen molar-refractivity contribution in [3.8, 4) is 0 Å². The molecule has 1 heterocycles. The van der Waals surface area contributed by atoms with Crippen molar-refractivity contribution in [1.82, 2.24) is 5.32 Å². The molecule has 2 amide bonds. The summed E-state index contributed by atoms with van der Waals surface area (Å²) < 4.78 is 5.47. The second kappa shape index (κ2) is 7.73. The highest BCUT2D eigenvalue weighted by Crippen LogP contribution is 2.16. The average Bonchev–Trinajstić information content (AvgIpc) is 2.36. The van der Waals surface area contributed by atoms with E-state index in [-0.39, 0.29) is 12.5 Å². The first-order valence-corrected chi connectivity index (χ1v) is 6.41. The van der Waals surface area contributed by atoms with E-state index in [0.717, 1.165) is 19.3 Å². The van der Waals surface area contributed by atoms with Crippen molar-refractivity contribution in [2.75, 3.05) is 6.61 Å². The molecule has 1 rings (SSSR count). The molecule has 0 aromatic carbocycles. The van der Waals surface area contributed by atoms with Crippen LogP contribution in [0.5, 0.6) is 0 Å². The third-order valence-electron chi connectivity index (χ3n) is 3.01. The zero-order valence-electron chi connectivity index (χ0n) is 10.8. The van der Waals surface area contributed by atoms with Gasteiger partial charge >= 0.3 is 5.97 Å². The molecule has 0 aliphatic carbocycles. The van der Waals surface area contributed by atoms with E-state index >= 15 is 0 Å². The Labute approximate surface area is 111 Å². The number of amides is 2. The number of carbonyl (C=O) groups excluding carboxylic acids is 2. The summed E-state index contributed by atoms with van der Waals surface area (Å²) in [6.45, 7) is 0.714. The van der Waals surface area contributed by atoms with Crippen molar-refractivity contribution in [3.05, 3.63) is 0 Å². The van der Waals surface area contributed by atoms with Crippen molar-refractivity contribution >= 4 is 17.8 Å². The molecule has 4 N–H and O–H groups in total. The fourth-order valence-electron chi connectivity index (χ4n) is 1.99. The molecule has 0 spiro atoms. The monoisotopic (exact) mass is 272 g/mol. The number of primary amides is 1. The Morgan fingerprint density at radius 1 is 1.37 bits per heavy atom. The van der Waals surface area contributed by atoms with Crippen LogP contribution in [0, 0.1) is 0 Å². The van der Waals surface area contributed by atoms with Crippen LogP contribution in [0.25, 0.3) is 0 Å². The summed E-state index contributed by atoms with van der Waals surface area (Å²) in [6, 6.07) is -1.25. The topological polar surface area (TPSA) is 119 Å². The van der Waals surface area contributed by atoms with E-state index in [9.17, 15) is 14.4 Å². The Bertz CT molecular complexity index is 339. The van der Waals surface area contributed by atoms with Gasteiger partial charge in [-0.15, -0.1) is 0 Å². The molecule has 1 fully saturated rings. The molecular weight excluding hydrogens is 252 g/mol. The van der Waals surface area contributed by atoms with Crippen molar-refractivity contribution in [2.24, 2.45) is 5.73 Å².